The van der Waals surface area contributed by atoms with Crippen molar-refractivity contribution < 1.29 is 46.6 Å². The highest BCUT2D eigenvalue weighted by Crippen LogP contribution is 2.30. The van der Waals surface area contributed by atoms with E-state index in [4.69, 9.17) is 74.7 Å². The third-order valence-corrected chi connectivity index (χ3v) is 21.4. The molecule has 0 atom stereocenters. The van der Waals surface area contributed by atoms with Gasteiger partial charge >= 0.3 is 0 Å². The summed E-state index contributed by atoms with van der Waals surface area (Å²) < 4.78 is 53.3. The smallest absolute Gasteiger partial charge is 0.185 e. The molecule has 624 valence electrons. The number of carbonyl (C=O) groups is 5. The maximum absolute atomic E-state index is 14.1. The van der Waals surface area contributed by atoms with Crippen molar-refractivity contribution in [3.05, 3.63) is 409 Å². The molecule has 0 bridgehead atoms. The molecule has 124 heavy (non-hydrogen) atoms. The van der Waals surface area contributed by atoms with Crippen LogP contribution in [0.5, 0.6) is 0 Å². The lowest BCUT2D eigenvalue weighted by Crippen LogP contribution is -1.94. The van der Waals surface area contributed by atoms with Gasteiger partial charge in [0.1, 0.15) is 11.6 Å². The lowest BCUT2D eigenvalue weighted by molar-refractivity contribution is 0.103. The van der Waals surface area contributed by atoms with Gasteiger partial charge in [0.15, 0.2) is 40.6 Å². The number of hydrogen-bond acceptors (Lipinski definition) is 11. The van der Waals surface area contributed by atoms with Crippen LogP contribution in [-0.2, 0) is 6.61 Å². The lowest BCUT2D eigenvalue weighted by atomic mass is 10.0. The Kier molecular flexibility index (Phi) is 31.7. The second-order valence-electron chi connectivity index (χ2n) is 28.3. The number of aliphatic hydroxyl groups excluding tert-OH is 1. The number of halogens is 10. The number of rotatable bonds is 21. The standard InChI is InChI=1S/C21H19ClN2O.C20H16ClFN2O2.C19H14Cl2N2O.C19H13ClF2N2O.C19H14ClFN2O/c1-13-4-5-16(10-14(13)2)20-12-18(23-24-20)7-9-21(25)17-6-8-19(22)15(3)11-17;1-12-8-14(3-6-17(12)21)20(26)7-4-15-10-19(24-23-15)16-5-2-13(11-25)9-18(16)22;1-12-10-14(4-8-17(12)21)19(24)9-7-16-11-18(23-22-16)13-2-5-15(20)6-3-13;1-11-8-13(2-5-15(11)20)19(25)7-4-14-10-18(24-23-14)12-3-6-16(21)17(22)9-12;1-12-10-14(4-8-17(12)20)19(24)9-7-16-11-18(23-22-16)13-2-5-15(21)6-3-13/h4-12H,1-3H3,(H,23,24);2-10,25H,11H2,1H3,(H,23,24);2-11H,1H3,(H,22,23);2-10H,1H3,(H,23,24);2-11H,1H3,(H,22,23)/b9-7+;7-4+;9-7+;7-4+;9-7+. The molecule has 0 aliphatic rings. The molecule has 0 unspecified atom stereocenters. The molecular weight excluding hydrogens is 1700 g/mol. The predicted molar refractivity (Wildman–Crippen MR) is 488 cm³/mol. The van der Waals surface area contributed by atoms with Crippen molar-refractivity contribution in [3.63, 3.8) is 0 Å². The normalized spacial score (nSPS) is 11.2. The Bertz CT molecular complexity index is 6290. The van der Waals surface area contributed by atoms with Gasteiger partial charge in [0.25, 0.3) is 0 Å². The monoisotopic (exact) mass is 1770 g/mol. The Morgan fingerprint density at radius 1 is 0.290 bits per heavy atom. The van der Waals surface area contributed by atoms with Gasteiger partial charge in [0.2, 0.25) is 0 Å². The highest BCUT2D eigenvalue weighted by molar-refractivity contribution is 6.33. The lowest BCUT2D eigenvalue weighted by Gasteiger charge is -2.01. The number of H-pyrrole nitrogens is 5. The van der Waals surface area contributed by atoms with Crippen LogP contribution in [-0.4, -0.2) is 85.0 Å². The first-order valence-electron chi connectivity index (χ1n) is 38.1. The molecule has 0 amide bonds. The molecule has 0 saturated carbocycles. The van der Waals surface area contributed by atoms with E-state index >= 15 is 0 Å². The van der Waals surface area contributed by atoms with Gasteiger partial charge in [0.05, 0.1) is 63.5 Å². The topological polar surface area (TPSA) is 249 Å². The zero-order chi connectivity index (χ0) is 88.8. The summed E-state index contributed by atoms with van der Waals surface area (Å²) in [6.45, 7) is 13.2. The molecule has 0 fully saturated rings. The molecule has 6 N–H and O–H groups in total. The fourth-order valence-corrected chi connectivity index (χ4v) is 12.5. The number of carbonyl (C=O) groups excluding carboxylic acids is 5. The molecule has 0 spiro atoms. The Labute approximate surface area is 741 Å². The van der Waals surface area contributed by atoms with Crippen molar-refractivity contribution in [2.24, 2.45) is 0 Å². The second kappa shape index (κ2) is 43.0. The number of nitrogens with zero attached hydrogens (tertiary/aromatic N) is 5. The molecular formula is C98H76Cl6F4N10O6. The van der Waals surface area contributed by atoms with Crippen LogP contribution in [0.1, 0.15) is 125 Å². The average Bonchev–Trinajstić information content (AvgIpc) is 1.67. The summed E-state index contributed by atoms with van der Waals surface area (Å²) in [5, 5.41) is 47.9. The molecule has 15 rings (SSSR count). The van der Waals surface area contributed by atoms with Crippen LogP contribution < -0.4 is 0 Å². The van der Waals surface area contributed by atoms with E-state index in [-0.39, 0.29) is 41.3 Å². The third-order valence-electron chi connectivity index (χ3n) is 19.1. The first kappa shape index (κ1) is 91.5. The Balaban J connectivity index is 0.000000151. The Hall–Kier alpha value is -13.3. The minimum atomic E-state index is -0.939. The number of aromatic amines is 5. The summed E-state index contributed by atoms with van der Waals surface area (Å²) in [6, 6.07) is 62.4. The SMILES string of the molecule is Cc1cc(C(=O)/C=C/c2cc(-c3ccc(CO)cc3F)n[nH]2)ccc1Cl.Cc1cc(C(=O)/C=C/c2cc(-c3ccc(Cl)cc3)n[nH]2)ccc1Cl.Cc1cc(C(=O)/C=C/c2cc(-c3ccc(F)c(F)c3)n[nH]2)ccc1Cl.Cc1cc(C(=O)/C=C/c2cc(-c3ccc(F)cc3)n[nH]2)ccc1Cl.Cc1ccc(-c2cc(/C=C/C(=O)c3ccc(Cl)c(C)c3)[nH]n2)cc1C. The summed E-state index contributed by atoms with van der Waals surface area (Å²) >= 11 is 35.7. The maximum atomic E-state index is 14.1. The summed E-state index contributed by atoms with van der Waals surface area (Å²) in [7, 11) is 0. The van der Waals surface area contributed by atoms with E-state index in [0.29, 0.717) is 109 Å². The quantitative estimate of drug-likeness (QED) is 0.0224. The van der Waals surface area contributed by atoms with Crippen LogP contribution in [0.15, 0.2) is 255 Å². The molecule has 5 aromatic heterocycles. The molecule has 15 aromatic rings. The predicted octanol–water partition coefficient (Wildman–Crippen LogP) is 26.0. The van der Waals surface area contributed by atoms with Crippen molar-refractivity contribution in [2.45, 2.75) is 55.1 Å². The minimum Gasteiger partial charge on any atom is -0.392 e. The number of ketones is 5. The van der Waals surface area contributed by atoms with E-state index in [1.807, 2.05) is 77.1 Å². The first-order chi connectivity index (χ1) is 59.4. The van der Waals surface area contributed by atoms with Crippen molar-refractivity contribution in [1.29, 1.82) is 0 Å². The van der Waals surface area contributed by atoms with Crippen molar-refractivity contribution >= 4 is 129 Å². The molecule has 0 aliphatic heterocycles. The van der Waals surface area contributed by atoms with Gasteiger partial charge in [-0.15, -0.1) is 0 Å². The summed E-state index contributed by atoms with van der Waals surface area (Å²) in [5.41, 5.74) is 20.2. The number of aromatic nitrogens is 10. The Morgan fingerprint density at radius 2 is 0.589 bits per heavy atom. The van der Waals surface area contributed by atoms with Gasteiger partial charge in [-0.1, -0.05) is 99.9 Å². The number of aliphatic hydroxyl groups is 1. The van der Waals surface area contributed by atoms with Crippen molar-refractivity contribution in [2.75, 3.05) is 0 Å². The van der Waals surface area contributed by atoms with Gasteiger partial charge in [0, 0.05) is 85.8 Å². The minimum absolute atomic E-state index is 0.0675. The third kappa shape index (κ3) is 25.4. The Morgan fingerprint density at radius 3 is 0.903 bits per heavy atom. The van der Waals surface area contributed by atoms with Gasteiger partial charge in [-0.05, 0) is 348 Å². The van der Waals surface area contributed by atoms with Crippen LogP contribution >= 0.6 is 69.6 Å². The summed E-state index contributed by atoms with van der Waals surface area (Å²) in [4.78, 5) is 61.1. The first-order valence-corrected chi connectivity index (χ1v) is 40.3. The van der Waals surface area contributed by atoms with Gasteiger partial charge in [-0.2, -0.15) is 25.5 Å². The summed E-state index contributed by atoms with van der Waals surface area (Å²) in [6.07, 6.45) is 15.6. The highest BCUT2D eigenvalue weighted by atomic mass is 35.5. The van der Waals surface area contributed by atoms with E-state index in [0.717, 1.165) is 79.4 Å². The number of allylic oxidation sites excluding steroid dienone is 5. The fraction of sp³-hybridized carbons (Fsp3) is 0.0816. The van der Waals surface area contributed by atoms with Crippen molar-refractivity contribution in [1.82, 2.24) is 51.0 Å². The highest BCUT2D eigenvalue weighted by Gasteiger charge is 2.16. The van der Waals surface area contributed by atoms with Crippen LogP contribution in [0.25, 0.3) is 86.7 Å². The van der Waals surface area contributed by atoms with Crippen LogP contribution in [0.2, 0.25) is 30.1 Å². The fourth-order valence-electron chi connectivity index (χ4n) is 11.8. The van der Waals surface area contributed by atoms with Crippen molar-refractivity contribution in [3.8, 4) is 56.3 Å². The molecule has 0 saturated heterocycles. The molecule has 16 nitrogen and oxygen atoms in total. The van der Waals surface area contributed by atoms with E-state index in [2.05, 4.69) is 77.0 Å². The molecule has 0 radical (unpaired) electrons. The van der Waals surface area contributed by atoms with E-state index < -0.39 is 17.5 Å². The van der Waals surface area contributed by atoms with E-state index in [9.17, 15) is 41.5 Å². The van der Waals surface area contributed by atoms with E-state index in [1.54, 1.807) is 170 Å². The van der Waals surface area contributed by atoms with Crippen LogP contribution in [0.4, 0.5) is 17.6 Å². The number of nitrogens with one attached hydrogen (secondary N) is 5. The average molecular weight is 1780 g/mol. The van der Waals surface area contributed by atoms with Crippen LogP contribution in [0.3, 0.4) is 0 Å². The van der Waals surface area contributed by atoms with Gasteiger partial charge < -0.3 is 5.11 Å². The van der Waals surface area contributed by atoms with Crippen LogP contribution in [0, 0.1) is 71.7 Å². The molecule has 26 heteroatoms. The zero-order valence-corrected chi connectivity index (χ0v) is 71.9. The van der Waals surface area contributed by atoms with Gasteiger partial charge in [-0.25, -0.2) is 17.6 Å². The number of aryl methyl sites for hydroxylation is 7. The number of hydrogen-bond donors (Lipinski definition) is 6. The van der Waals surface area contributed by atoms with E-state index in [1.165, 1.54) is 59.7 Å². The number of benzene rings is 10. The zero-order valence-electron chi connectivity index (χ0n) is 67.3. The molecule has 5 heterocycles. The molecule has 0 aliphatic carbocycles. The largest absolute Gasteiger partial charge is 0.392 e. The van der Waals surface area contributed by atoms with Gasteiger partial charge in [-0.3, -0.25) is 49.5 Å². The second-order valence-corrected chi connectivity index (χ2v) is 30.7. The molecule has 10 aromatic carbocycles. The summed E-state index contributed by atoms with van der Waals surface area (Å²) in [5.74, 6) is -3.23. The maximum Gasteiger partial charge on any atom is 0.185 e.